The molecule has 0 bridgehead atoms. The predicted molar refractivity (Wildman–Crippen MR) is 233 cm³/mol. The van der Waals surface area contributed by atoms with Crippen molar-refractivity contribution in [1.82, 2.24) is 9.55 Å². The third kappa shape index (κ3) is 5.49. The van der Waals surface area contributed by atoms with Crippen molar-refractivity contribution in [2.75, 3.05) is 0 Å². The highest BCUT2D eigenvalue weighted by molar-refractivity contribution is 6.09. The Bertz CT molecular complexity index is 3220. The molecule has 0 spiro atoms. The van der Waals surface area contributed by atoms with E-state index in [9.17, 15) is 0 Å². The molecule has 3 aromatic heterocycles. The average molecular weight is 715 g/mol. The van der Waals surface area contributed by atoms with Crippen LogP contribution in [0.15, 0.2) is 211 Å². The minimum Gasteiger partial charge on any atom is -0.456 e. The third-order valence-corrected chi connectivity index (χ3v) is 11.1. The molecule has 0 amide bonds. The first-order valence-corrected chi connectivity index (χ1v) is 19.0. The molecule has 56 heavy (non-hydrogen) atoms. The lowest BCUT2D eigenvalue weighted by Crippen LogP contribution is -1.94. The van der Waals surface area contributed by atoms with E-state index in [1.165, 1.54) is 66.3 Å². The molecule has 0 saturated heterocycles. The molecule has 8 aromatic carbocycles. The van der Waals surface area contributed by atoms with E-state index < -0.39 is 0 Å². The van der Waals surface area contributed by atoms with Gasteiger partial charge in [0.1, 0.15) is 11.2 Å². The highest BCUT2D eigenvalue weighted by atomic mass is 16.3. The van der Waals surface area contributed by atoms with E-state index in [0.717, 1.165) is 38.8 Å². The van der Waals surface area contributed by atoms with Crippen LogP contribution >= 0.6 is 0 Å². The monoisotopic (exact) mass is 714 g/mol. The molecule has 0 aliphatic heterocycles. The second-order valence-electron chi connectivity index (χ2n) is 14.4. The Balaban J connectivity index is 0.907. The summed E-state index contributed by atoms with van der Waals surface area (Å²) in [6.45, 7) is 0. The van der Waals surface area contributed by atoms with E-state index in [4.69, 9.17) is 4.42 Å². The van der Waals surface area contributed by atoms with Gasteiger partial charge in [-0.25, -0.2) is 0 Å². The summed E-state index contributed by atoms with van der Waals surface area (Å²) in [6.07, 6.45) is 3.65. The van der Waals surface area contributed by atoms with E-state index >= 15 is 0 Å². The van der Waals surface area contributed by atoms with Crippen molar-refractivity contribution in [3.63, 3.8) is 0 Å². The van der Waals surface area contributed by atoms with Crippen molar-refractivity contribution in [2.24, 2.45) is 0 Å². The zero-order chi connectivity index (χ0) is 37.0. The lowest BCUT2D eigenvalue weighted by molar-refractivity contribution is 0.668. The molecule has 0 atom stereocenters. The first-order valence-electron chi connectivity index (χ1n) is 19.0. The van der Waals surface area contributed by atoms with Crippen LogP contribution in [0.5, 0.6) is 0 Å². The number of furan rings is 1. The van der Waals surface area contributed by atoms with Gasteiger partial charge in [0.25, 0.3) is 0 Å². The van der Waals surface area contributed by atoms with Crippen LogP contribution in [0.25, 0.3) is 105 Å². The Hall–Kier alpha value is -7.49. The lowest BCUT2D eigenvalue weighted by Gasteiger charge is -2.12. The fourth-order valence-corrected chi connectivity index (χ4v) is 8.34. The van der Waals surface area contributed by atoms with E-state index in [-0.39, 0.29) is 0 Å². The maximum absolute atomic E-state index is 6.05. The number of nitrogens with zero attached hydrogens (tertiary/aromatic N) is 2. The van der Waals surface area contributed by atoms with Gasteiger partial charge in [0.15, 0.2) is 0 Å². The van der Waals surface area contributed by atoms with Gasteiger partial charge >= 0.3 is 0 Å². The topological polar surface area (TPSA) is 31.0 Å². The van der Waals surface area contributed by atoms with Gasteiger partial charge in [-0.15, -0.1) is 0 Å². The highest BCUT2D eigenvalue weighted by Crippen LogP contribution is 2.37. The van der Waals surface area contributed by atoms with Crippen molar-refractivity contribution in [2.45, 2.75) is 0 Å². The van der Waals surface area contributed by atoms with E-state index in [1.807, 2.05) is 12.3 Å². The SMILES string of the molecule is c1cc(-c2cccc(-c3cccc(-c4ccc5oc6ccncc6c5c4)c3)c2)cc(-c2cccc(-c3cccc(-n4c5ccccc5c5ccccc54)c3)c2)c1. The van der Waals surface area contributed by atoms with Crippen molar-refractivity contribution in [3.8, 4) is 61.3 Å². The van der Waals surface area contributed by atoms with Gasteiger partial charge in [0.2, 0.25) is 0 Å². The van der Waals surface area contributed by atoms with Crippen LogP contribution in [0.2, 0.25) is 0 Å². The number of rotatable bonds is 6. The van der Waals surface area contributed by atoms with Crippen LogP contribution < -0.4 is 0 Å². The molecular weight excluding hydrogens is 681 g/mol. The Morgan fingerprint density at radius 1 is 0.321 bits per heavy atom. The molecule has 0 saturated carbocycles. The standard InChI is InChI=1S/C53H34N2O/c1-3-22-50-46(20-1)47-21-2-4-23-51(47)55(50)45-19-9-18-43(32-45)41-16-7-14-39(30-41)37-12-5-10-35(28-37)36-11-6-13-38(29-36)40-15-8-17-42(31-40)44-24-25-52-48(33-44)49-34-54-27-26-53(49)56-52/h1-34H. The molecule has 3 nitrogen and oxygen atoms in total. The average Bonchev–Trinajstić information content (AvgIpc) is 3.82. The summed E-state index contributed by atoms with van der Waals surface area (Å²) in [5.41, 5.74) is 17.1. The highest BCUT2D eigenvalue weighted by Gasteiger charge is 2.13. The molecule has 3 heterocycles. The largest absolute Gasteiger partial charge is 0.456 e. The molecule has 0 N–H and O–H groups in total. The molecule has 262 valence electrons. The van der Waals surface area contributed by atoms with Crippen molar-refractivity contribution >= 4 is 43.7 Å². The van der Waals surface area contributed by atoms with Gasteiger partial charge in [0, 0.05) is 39.6 Å². The van der Waals surface area contributed by atoms with Crippen molar-refractivity contribution in [1.29, 1.82) is 0 Å². The number of para-hydroxylation sites is 2. The predicted octanol–water partition coefficient (Wildman–Crippen LogP) is 14.4. The van der Waals surface area contributed by atoms with Crippen LogP contribution in [0.3, 0.4) is 0 Å². The summed E-state index contributed by atoms with van der Waals surface area (Å²) in [7, 11) is 0. The summed E-state index contributed by atoms with van der Waals surface area (Å²) in [5, 5.41) is 4.65. The van der Waals surface area contributed by atoms with Gasteiger partial charge in [0.05, 0.1) is 11.0 Å². The van der Waals surface area contributed by atoms with E-state index in [0.29, 0.717) is 0 Å². The molecule has 11 aromatic rings. The number of hydrogen-bond donors (Lipinski definition) is 0. The number of benzene rings is 8. The third-order valence-electron chi connectivity index (χ3n) is 11.1. The normalized spacial score (nSPS) is 11.6. The minimum absolute atomic E-state index is 0.857. The summed E-state index contributed by atoms with van der Waals surface area (Å²) < 4.78 is 8.43. The van der Waals surface area contributed by atoms with Crippen LogP contribution in [0.4, 0.5) is 0 Å². The van der Waals surface area contributed by atoms with Gasteiger partial charge < -0.3 is 8.98 Å². The molecular formula is C53H34N2O. The maximum atomic E-state index is 6.05. The summed E-state index contributed by atoms with van der Waals surface area (Å²) in [4.78, 5) is 4.33. The molecule has 0 aliphatic carbocycles. The maximum Gasteiger partial charge on any atom is 0.138 e. The van der Waals surface area contributed by atoms with Gasteiger partial charge in [-0.2, -0.15) is 0 Å². The van der Waals surface area contributed by atoms with Crippen LogP contribution in [-0.2, 0) is 0 Å². The van der Waals surface area contributed by atoms with Crippen molar-refractivity contribution < 1.29 is 4.42 Å². The number of pyridine rings is 1. The van der Waals surface area contributed by atoms with Crippen LogP contribution in [0.1, 0.15) is 0 Å². The number of fused-ring (bicyclic) bond motifs is 6. The van der Waals surface area contributed by atoms with Gasteiger partial charge in [-0.05, 0) is 122 Å². The first kappa shape index (κ1) is 32.0. The molecule has 0 aliphatic rings. The van der Waals surface area contributed by atoms with Crippen molar-refractivity contribution in [3.05, 3.63) is 207 Å². The second kappa shape index (κ2) is 13.1. The van der Waals surface area contributed by atoms with Crippen LogP contribution in [0, 0.1) is 0 Å². The van der Waals surface area contributed by atoms with Gasteiger partial charge in [-0.3, -0.25) is 4.98 Å². The first-order chi connectivity index (χ1) is 27.7. The summed E-state index contributed by atoms with van der Waals surface area (Å²) >= 11 is 0. The smallest absolute Gasteiger partial charge is 0.138 e. The fraction of sp³-hybridized carbons (Fsp3) is 0. The number of aromatic nitrogens is 2. The zero-order valence-corrected chi connectivity index (χ0v) is 30.4. The summed E-state index contributed by atoms with van der Waals surface area (Å²) in [6, 6.07) is 70.0. The summed E-state index contributed by atoms with van der Waals surface area (Å²) in [5.74, 6) is 0. The quantitative estimate of drug-likeness (QED) is 0.172. The Labute approximate surface area is 324 Å². The minimum atomic E-state index is 0.857. The molecule has 0 unspecified atom stereocenters. The van der Waals surface area contributed by atoms with E-state index in [1.54, 1.807) is 6.20 Å². The second-order valence-corrected chi connectivity index (χ2v) is 14.4. The molecule has 3 heteroatoms. The Kier molecular flexibility index (Phi) is 7.49. The number of hydrogen-bond acceptors (Lipinski definition) is 2. The molecule has 11 rings (SSSR count). The molecule has 0 fully saturated rings. The zero-order valence-electron chi connectivity index (χ0n) is 30.4. The Morgan fingerprint density at radius 3 is 1.27 bits per heavy atom. The fourth-order valence-electron chi connectivity index (χ4n) is 8.34. The lowest BCUT2D eigenvalue weighted by atomic mass is 9.94. The van der Waals surface area contributed by atoms with Gasteiger partial charge in [-0.1, -0.05) is 127 Å². The van der Waals surface area contributed by atoms with E-state index in [2.05, 4.69) is 198 Å². The Morgan fingerprint density at radius 2 is 0.750 bits per heavy atom. The van der Waals surface area contributed by atoms with Crippen LogP contribution in [-0.4, -0.2) is 9.55 Å². The molecule has 0 radical (unpaired) electrons.